The van der Waals surface area contributed by atoms with Crippen molar-refractivity contribution in [3.8, 4) is 0 Å². The summed E-state index contributed by atoms with van der Waals surface area (Å²) in [5.41, 5.74) is 6.56. The molecule has 0 aliphatic carbocycles. The lowest BCUT2D eigenvalue weighted by Crippen LogP contribution is -2.32. The molecule has 0 aromatic heterocycles. The summed E-state index contributed by atoms with van der Waals surface area (Å²) in [5, 5.41) is 0. The van der Waals surface area contributed by atoms with E-state index in [9.17, 15) is 4.79 Å². The molecular formula is C11H15BrN2O. The van der Waals surface area contributed by atoms with Crippen LogP contribution >= 0.6 is 15.9 Å². The fourth-order valence-corrected chi connectivity index (χ4v) is 1.58. The number of halogens is 1. The summed E-state index contributed by atoms with van der Waals surface area (Å²) in [7, 11) is 0. The molecule has 0 saturated carbocycles. The molecule has 2 N–H and O–H groups in total. The molecule has 4 heteroatoms. The van der Waals surface area contributed by atoms with E-state index >= 15 is 0 Å². The molecule has 0 aliphatic rings. The van der Waals surface area contributed by atoms with Crippen LogP contribution in [0.1, 0.15) is 12.5 Å². The molecule has 0 unspecified atom stereocenters. The summed E-state index contributed by atoms with van der Waals surface area (Å²) >= 11 is 3.37. The van der Waals surface area contributed by atoms with Gasteiger partial charge in [0.15, 0.2) is 0 Å². The maximum absolute atomic E-state index is 11.3. The van der Waals surface area contributed by atoms with Crippen molar-refractivity contribution in [1.29, 1.82) is 0 Å². The average Bonchev–Trinajstić information content (AvgIpc) is 2.20. The number of hydrogen-bond acceptors (Lipinski definition) is 2. The van der Waals surface area contributed by atoms with Crippen LogP contribution in [0.3, 0.4) is 0 Å². The van der Waals surface area contributed by atoms with Crippen molar-refractivity contribution in [3.05, 3.63) is 34.3 Å². The highest BCUT2D eigenvalue weighted by Gasteiger charge is 2.07. The van der Waals surface area contributed by atoms with Crippen molar-refractivity contribution >= 4 is 21.8 Å². The van der Waals surface area contributed by atoms with Gasteiger partial charge in [-0.2, -0.15) is 0 Å². The van der Waals surface area contributed by atoms with Crippen LogP contribution in [-0.2, 0) is 11.3 Å². The van der Waals surface area contributed by atoms with E-state index in [1.54, 1.807) is 11.8 Å². The van der Waals surface area contributed by atoms with Gasteiger partial charge in [-0.05, 0) is 17.7 Å². The molecule has 1 aromatic carbocycles. The van der Waals surface area contributed by atoms with Gasteiger partial charge in [-0.25, -0.2) is 0 Å². The van der Waals surface area contributed by atoms with Crippen molar-refractivity contribution in [2.75, 3.05) is 13.1 Å². The molecule has 15 heavy (non-hydrogen) atoms. The standard InChI is InChI=1S/C11H15BrN2O/c1-9(15)14(7-6-13)8-10-2-4-11(12)5-3-10/h2-5H,6-8,13H2,1H3. The van der Waals surface area contributed by atoms with Crippen molar-refractivity contribution < 1.29 is 4.79 Å². The van der Waals surface area contributed by atoms with E-state index in [1.165, 1.54) is 0 Å². The van der Waals surface area contributed by atoms with Crippen LogP contribution in [-0.4, -0.2) is 23.9 Å². The lowest BCUT2D eigenvalue weighted by molar-refractivity contribution is -0.129. The number of benzene rings is 1. The van der Waals surface area contributed by atoms with E-state index < -0.39 is 0 Å². The Kier molecular flexibility index (Phi) is 4.78. The highest BCUT2D eigenvalue weighted by atomic mass is 79.9. The minimum Gasteiger partial charge on any atom is -0.337 e. The first-order valence-corrected chi connectivity index (χ1v) is 5.63. The zero-order valence-electron chi connectivity index (χ0n) is 8.74. The molecule has 0 spiro atoms. The molecule has 0 fully saturated rings. The number of rotatable bonds is 4. The molecule has 0 heterocycles. The molecule has 1 aromatic rings. The topological polar surface area (TPSA) is 46.3 Å². The van der Waals surface area contributed by atoms with Gasteiger partial charge in [0.25, 0.3) is 0 Å². The van der Waals surface area contributed by atoms with Crippen molar-refractivity contribution in [2.45, 2.75) is 13.5 Å². The monoisotopic (exact) mass is 270 g/mol. The van der Waals surface area contributed by atoms with Crippen molar-refractivity contribution in [3.63, 3.8) is 0 Å². The van der Waals surface area contributed by atoms with Gasteiger partial charge in [0.05, 0.1) is 0 Å². The van der Waals surface area contributed by atoms with Gasteiger partial charge in [0.1, 0.15) is 0 Å². The second-order valence-corrected chi connectivity index (χ2v) is 4.27. The summed E-state index contributed by atoms with van der Waals surface area (Å²) < 4.78 is 1.04. The summed E-state index contributed by atoms with van der Waals surface area (Å²) in [6, 6.07) is 7.93. The number of nitrogens with zero attached hydrogens (tertiary/aromatic N) is 1. The molecular weight excluding hydrogens is 256 g/mol. The molecule has 0 bridgehead atoms. The zero-order valence-corrected chi connectivity index (χ0v) is 10.3. The third-order valence-electron chi connectivity index (χ3n) is 2.13. The van der Waals surface area contributed by atoms with Crippen molar-refractivity contribution in [1.82, 2.24) is 4.90 Å². The Balaban J connectivity index is 2.65. The van der Waals surface area contributed by atoms with E-state index in [1.807, 2.05) is 24.3 Å². The Morgan fingerprint density at radius 2 is 2.00 bits per heavy atom. The first-order valence-electron chi connectivity index (χ1n) is 4.83. The maximum Gasteiger partial charge on any atom is 0.219 e. The summed E-state index contributed by atoms with van der Waals surface area (Å²) in [5.74, 6) is 0.0587. The second-order valence-electron chi connectivity index (χ2n) is 3.36. The zero-order chi connectivity index (χ0) is 11.3. The largest absolute Gasteiger partial charge is 0.337 e. The van der Waals surface area contributed by atoms with Gasteiger partial charge < -0.3 is 10.6 Å². The lowest BCUT2D eigenvalue weighted by Gasteiger charge is -2.20. The van der Waals surface area contributed by atoms with Crippen LogP contribution < -0.4 is 5.73 Å². The Morgan fingerprint density at radius 1 is 1.40 bits per heavy atom. The Bertz CT molecular complexity index is 324. The lowest BCUT2D eigenvalue weighted by atomic mass is 10.2. The number of carbonyl (C=O) groups excluding carboxylic acids is 1. The predicted molar refractivity (Wildman–Crippen MR) is 64.3 cm³/mol. The number of nitrogens with two attached hydrogens (primary N) is 1. The highest BCUT2D eigenvalue weighted by molar-refractivity contribution is 9.10. The van der Waals surface area contributed by atoms with E-state index in [-0.39, 0.29) is 5.91 Å². The van der Waals surface area contributed by atoms with Crippen LogP contribution in [0.4, 0.5) is 0 Å². The summed E-state index contributed by atoms with van der Waals surface area (Å²) in [4.78, 5) is 13.0. The van der Waals surface area contributed by atoms with Gasteiger partial charge in [-0.3, -0.25) is 4.79 Å². The quantitative estimate of drug-likeness (QED) is 0.907. The molecule has 0 atom stereocenters. The van der Waals surface area contributed by atoms with Crippen LogP contribution in [0, 0.1) is 0 Å². The fourth-order valence-electron chi connectivity index (χ4n) is 1.31. The molecule has 0 radical (unpaired) electrons. The summed E-state index contributed by atoms with van der Waals surface area (Å²) in [6.07, 6.45) is 0. The molecule has 1 rings (SSSR count). The molecule has 0 aliphatic heterocycles. The van der Waals surface area contributed by atoms with E-state index in [4.69, 9.17) is 5.73 Å². The van der Waals surface area contributed by atoms with E-state index in [0.717, 1.165) is 10.0 Å². The van der Waals surface area contributed by atoms with Crippen LogP contribution in [0.15, 0.2) is 28.7 Å². The third-order valence-corrected chi connectivity index (χ3v) is 2.66. The van der Waals surface area contributed by atoms with Gasteiger partial charge in [0.2, 0.25) is 5.91 Å². The Labute approximate surface area is 98.4 Å². The Hall–Kier alpha value is -0.870. The first kappa shape index (κ1) is 12.2. The molecule has 1 amide bonds. The Morgan fingerprint density at radius 3 is 2.47 bits per heavy atom. The number of hydrogen-bond donors (Lipinski definition) is 1. The molecule has 82 valence electrons. The van der Waals surface area contributed by atoms with Gasteiger partial charge in [-0.1, -0.05) is 28.1 Å². The van der Waals surface area contributed by atoms with Gasteiger partial charge in [-0.15, -0.1) is 0 Å². The van der Waals surface area contributed by atoms with Crippen LogP contribution in [0.2, 0.25) is 0 Å². The van der Waals surface area contributed by atoms with E-state index in [0.29, 0.717) is 19.6 Å². The second kappa shape index (κ2) is 5.88. The van der Waals surface area contributed by atoms with Crippen molar-refractivity contribution in [2.24, 2.45) is 5.73 Å². The smallest absolute Gasteiger partial charge is 0.219 e. The predicted octanol–water partition coefficient (Wildman–Crippen LogP) is 1.76. The number of carbonyl (C=O) groups is 1. The first-order chi connectivity index (χ1) is 7.13. The fraction of sp³-hybridized carbons (Fsp3) is 0.364. The van der Waals surface area contributed by atoms with Gasteiger partial charge >= 0.3 is 0 Å². The van der Waals surface area contributed by atoms with E-state index in [2.05, 4.69) is 15.9 Å². The van der Waals surface area contributed by atoms with Crippen LogP contribution in [0.5, 0.6) is 0 Å². The molecule has 3 nitrogen and oxygen atoms in total. The summed E-state index contributed by atoms with van der Waals surface area (Å²) in [6.45, 7) is 3.29. The minimum absolute atomic E-state index is 0.0587. The minimum atomic E-state index is 0.0587. The molecule has 0 saturated heterocycles. The van der Waals surface area contributed by atoms with Gasteiger partial charge in [0, 0.05) is 31.0 Å². The SMILES string of the molecule is CC(=O)N(CCN)Cc1ccc(Br)cc1. The normalized spacial score (nSPS) is 10.1. The van der Waals surface area contributed by atoms with Crippen LogP contribution in [0.25, 0.3) is 0 Å². The average molecular weight is 271 g/mol. The third kappa shape index (κ3) is 4.01. The number of amides is 1. The maximum atomic E-state index is 11.3. The highest BCUT2D eigenvalue weighted by Crippen LogP contribution is 2.12.